The molecule has 2 aromatic rings. The van der Waals surface area contributed by atoms with Crippen LogP contribution in [0.4, 0.5) is 0 Å². The van der Waals surface area contributed by atoms with E-state index >= 15 is 0 Å². The topological polar surface area (TPSA) is 17.1 Å². The average molecular weight is 459 g/mol. The average Bonchev–Trinajstić information content (AvgIpc) is 3.20. The molecule has 0 spiro atoms. The van der Waals surface area contributed by atoms with Gasteiger partial charge in [-0.05, 0) is 59.9 Å². The summed E-state index contributed by atoms with van der Waals surface area (Å²) >= 11 is 0. The smallest absolute Gasteiger partial charge is 0.135 e. The number of Topliss-reactive ketones (excluding diaryl/α,β-unsaturated/α-hetero) is 1. The Morgan fingerprint density at radius 3 is 2.38 bits per heavy atom. The lowest BCUT2D eigenvalue weighted by Crippen LogP contribution is -2.13. The quantitative estimate of drug-likeness (QED) is 0.229. The van der Waals surface area contributed by atoms with E-state index in [0.29, 0.717) is 11.7 Å². The number of fused-ring (bicyclic) bond motifs is 1. The number of hydrogen-bond acceptors (Lipinski definition) is 1. The number of carbonyl (C=O) groups is 1. The Kier molecular flexibility index (Phi) is 11.1. The number of hydrogen-bond donors (Lipinski definition) is 0. The second-order valence-electron chi connectivity index (χ2n) is 10.3. The molecule has 0 aliphatic heterocycles. The van der Waals surface area contributed by atoms with E-state index in [-0.39, 0.29) is 5.92 Å². The van der Waals surface area contributed by atoms with Crippen LogP contribution in [0.5, 0.6) is 0 Å². The normalized spacial score (nSPS) is 15.7. The Morgan fingerprint density at radius 1 is 0.853 bits per heavy atom. The van der Waals surface area contributed by atoms with Crippen molar-refractivity contribution in [3.05, 3.63) is 70.8 Å². The molecular formula is C33H46O. The maximum absolute atomic E-state index is 12.7. The van der Waals surface area contributed by atoms with Crippen molar-refractivity contribution in [3.63, 3.8) is 0 Å². The van der Waals surface area contributed by atoms with Crippen LogP contribution >= 0.6 is 0 Å². The first-order valence-electron chi connectivity index (χ1n) is 14.1. The lowest BCUT2D eigenvalue weighted by Gasteiger charge is -2.14. The molecule has 1 nitrogen and oxygen atoms in total. The van der Waals surface area contributed by atoms with Crippen LogP contribution in [0.1, 0.15) is 126 Å². The van der Waals surface area contributed by atoms with Crippen LogP contribution in [0.25, 0.3) is 11.6 Å². The van der Waals surface area contributed by atoms with Crippen LogP contribution in [0, 0.1) is 5.92 Å². The van der Waals surface area contributed by atoms with Crippen molar-refractivity contribution in [2.75, 3.05) is 0 Å². The molecule has 34 heavy (non-hydrogen) atoms. The van der Waals surface area contributed by atoms with Gasteiger partial charge in [0, 0.05) is 18.3 Å². The summed E-state index contributed by atoms with van der Waals surface area (Å²) in [6.45, 7) is 6.76. The van der Waals surface area contributed by atoms with E-state index in [1.54, 1.807) is 0 Å². The summed E-state index contributed by atoms with van der Waals surface area (Å²) in [7, 11) is 0. The summed E-state index contributed by atoms with van der Waals surface area (Å²) in [6.07, 6.45) is 17.6. The number of allylic oxidation sites excluding steroid dienone is 1. The van der Waals surface area contributed by atoms with E-state index in [0.717, 1.165) is 38.5 Å². The molecule has 1 aliphatic rings. The van der Waals surface area contributed by atoms with E-state index in [1.165, 1.54) is 72.8 Å². The van der Waals surface area contributed by atoms with E-state index in [4.69, 9.17) is 0 Å². The fraction of sp³-hybridized carbons (Fsp3) is 0.545. The van der Waals surface area contributed by atoms with Gasteiger partial charge in [-0.2, -0.15) is 0 Å². The number of rotatable bonds is 16. The summed E-state index contributed by atoms with van der Waals surface area (Å²) in [4.78, 5) is 12.7. The van der Waals surface area contributed by atoms with Crippen LogP contribution in [-0.2, 0) is 11.2 Å². The van der Waals surface area contributed by atoms with Crippen molar-refractivity contribution in [2.45, 2.75) is 110 Å². The van der Waals surface area contributed by atoms with Crippen molar-refractivity contribution >= 4 is 17.4 Å². The van der Waals surface area contributed by atoms with Crippen molar-refractivity contribution in [3.8, 4) is 0 Å². The summed E-state index contributed by atoms with van der Waals surface area (Å²) in [5.41, 5.74) is 7.02. The summed E-state index contributed by atoms with van der Waals surface area (Å²) < 4.78 is 0. The van der Waals surface area contributed by atoms with E-state index in [9.17, 15) is 4.79 Å². The molecule has 0 N–H and O–H groups in total. The molecule has 0 heterocycles. The van der Waals surface area contributed by atoms with Gasteiger partial charge in [-0.15, -0.1) is 0 Å². The van der Waals surface area contributed by atoms with Gasteiger partial charge in [0.1, 0.15) is 5.78 Å². The maximum Gasteiger partial charge on any atom is 0.135 e. The van der Waals surface area contributed by atoms with E-state index in [2.05, 4.69) is 75.4 Å². The molecule has 1 heteroatoms. The zero-order chi connectivity index (χ0) is 24.2. The molecule has 3 rings (SSSR count). The van der Waals surface area contributed by atoms with Gasteiger partial charge in [-0.1, -0.05) is 120 Å². The van der Waals surface area contributed by atoms with Gasteiger partial charge < -0.3 is 0 Å². The second-order valence-corrected chi connectivity index (χ2v) is 10.3. The number of ketones is 1. The summed E-state index contributed by atoms with van der Waals surface area (Å²) in [6, 6.07) is 17.9. The predicted octanol–water partition coefficient (Wildman–Crippen LogP) is 9.79. The molecule has 0 radical (unpaired) electrons. The number of carbonyl (C=O) groups excluding carboxylic acids is 1. The Hall–Kier alpha value is -2.15. The van der Waals surface area contributed by atoms with Crippen molar-refractivity contribution in [1.82, 2.24) is 0 Å². The molecule has 0 saturated heterocycles. The largest absolute Gasteiger partial charge is 0.299 e. The fourth-order valence-corrected chi connectivity index (χ4v) is 5.51. The van der Waals surface area contributed by atoms with Gasteiger partial charge in [-0.3, -0.25) is 4.79 Å². The zero-order valence-corrected chi connectivity index (χ0v) is 22.0. The highest BCUT2D eigenvalue weighted by Gasteiger charge is 2.22. The zero-order valence-electron chi connectivity index (χ0n) is 22.0. The highest BCUT2D eigenvalue weighted by Crippen LogP contribution is 2.41. The van der Waals surface area contributed by atoms with Crippen molar-refractivity contribution in [1.29, 1.82) is 0 Å². The second kappa shape index (κ2) is 14.3. The number of aryl methyl sites for hydroxylation is 1. The standard InChI is InChI=1S/C33H46O/c1-4-6-7-8-9-10-11-23-33(34)28(5-2)19-13-12-17-27-18-16-21-29(24-27)32-25-30-20-14-15-22-31(30)26(32)3/h14-16,18,20-22,24-26,28H,4-13,17,19,23H2,1-3H3. The first kappa shape index (κ1) is 26.5. The minimum atomic E-state index is 0.273. The molecule has 0 bridgehead atoms. The van der Waals surface area contributed by atoms with E-state index < -0.39 is 0 Å². The van der Waals surface area contributed by atoms with Gasteiger partial charge in [0.05, 0.1) is 0 Å². The maximum atomic E-state index is 12.7. The highest BCUT2D eigenvalue weighted by atomic mass is 16.1. The van der Waals surface area contributed by atoms with Crippen LogP contribution in [0.15, 0.2) is 48.5 Å². The van der Waals surface area contributed by atoms with Gasteiger partial charge in [0.25, 0.3) is 0 Å². The van der Waals surface area contributed by atoms with Gasteiger partial charge in [-0.25, -0.2) is 0 Å². The van der Waals surface area contributed by atoms with Gasteiger partial charge in [0.2, 0.25) is 0 Å². The van der Waals surface area contributed by atoms with Crippen LogP contribution in [0.3, 0.4) is 0 Å². The Bertz CT molecular complexity index is 922. The number of benzene rings is 2. The first-order chi connectivity index (χ1) is 16.6. The Balaban J connectivity index is 1.39. The molecule has 0 saturated carbocycles. The van der Waals surface area contributed by atoms with Crippen LogP contribution in [-0.4, -0.2) is 5.78 Å². The monoisotopic (exact) mass is 458 g/mol. The molecule has 0 amide bonds. The minimum Gasteiger partial charge on any atom is -0.299 e. The molecule has 0 fully saturated rings. The third-order valence-electron chi connectivity index (χ3n) is 7.74. The summed E-state index contributed by atoms with van der Waals surface area (Å²) in [5, 5.41) is 0. The Labute approximate surface area is 209 Å². The summed E-state index contributed by atoms with van der Waals surface area (Å²) in [5.74, 6) is 1.24. The molecule has 2 atom stereocenters. The van der Waals surface area contributed by atoms with Crippen molar-refractivity contribution in [2.24, 2.45) is 5.92 Å². The van der Waals surface area contributed by atoms with Gasteiger partial charge >= 0.3 is 0 Å². The molecule has 184 valence electrons. The first-order valence-corrected chi connectivity index (χ1v) is 14.1. The predicted molar refractivity (Wildman–Crippen MR) is 148 cm³/mol. The molecule has 2 unspecified atom stereocenters. The number of unbranched alkanes of at least 4 members (excludes halogenated alkanes) is 7. The van der Waals surface area contributed by atoms with E-state index in [1.807, 2.05) is 0 Å². The van der Waals surface area contributed by atoms with Crippen LogP contribution < -0.4 is 0 Å². The van der Waals surface area contributed by atoms with Gasteiger partial charge in [0.15, 0.2) is 0 Å². The third-order valence-corrected chi connectivity index (χ3v) is 7.74. The minimum absolute atomic E-state index is 0.273. The Morgan fingerprint density at radius 2 is 1.62 bits per heavy atom. The molecular weight excluding hydrogens is 412 g/mol. The third kappa shape index (κ3) is 7.69. The fourth-order valence-electron chi connectivity index (χ4n) is 5.51. The lowest BCUT2D eigenvalue weighted by molar-refractivity contribution is -0.123. The van der Waals surface area contributed by atoms with Crippen LogP contribution in [0.2, 0.25) is 0 Å². The SMILES string of the molecule is CCCCCCCCCC(=O)C(CC)CCCCc1cccc(C2=Cc3ccccc3C2C)c1. The highest BCUT2D eigenvalue weighted by molar-refractivity contribution is 5.91. The lowest BCUT2D eigenvalue weighted by atomic mass is 9.90. The molecule has 0 aromatic heterocycles. The molecule has 2 aromatic carbocycles. The molecule has 1 aliphatic carbocycles. The van der Waals surface area contributed by atoms with Crippen molar-refractivity contribution < 1.29 is 4.79 Å².